The maximum absolute atomic E-state index is 11.4. The van der Waals surface area contributed by atoms with Crippen molar-refractivity contribution < 1.29 is 4.92 Å². The topological polar surface area (TPSA) is 93.0 Å². The van der Waals surface area contributed by atoms with Crippen LogP contribution in [0.4, 0.5) is 23.0 Å². The molecule has 0 saturated heterocycles. The number of unbranched alkanes of at least 4 members (excludes halogenated alkanes) is 1. The largest absolute Gasteiger partial charge is 0.364 e. The Hall–Kier alpha value is -2.41. The molecule has 0 aliphatic carbocycles. The summed E-state index contributed by atoms with van der Waals surface area (Å²) in [6, 6.07) is 6.97. The van der Waals surface area contributed by atoms with Gasteiger partial charge in [-0.1, -0.05) is 37.1 Å². The average Bonchev–Trinajstić information content (AvgIpc) is 2.50. The van der Waals surface area contributed by atoms with E-state index in [2.05, 4.69) is 20.6 Å². The van der Waals surface area contributed by atoms with Gasteiger partial charge in [-0.15, -0.1) is 0 Å². The third kappa shape index (κ3) is 3.82. The van der Waals surface area contributed by atoms with Crippen LogP contribution in [0.1, 0.15) is 19.8 Å². The third-order valence-corrected chi connectivity index (χ3v) is 3.28. The normalized spacial score (nSPS) is 10.3. The van der Waals surface area contributed by atoms with E-state index < -0.39 is 4.92 Å². The zero-order chi connectivity index (χ0) is 15.9. The molecule has 0 spiro atoms. The molecule has 8 heteroatoms. The Labute approximate surface area is 132 Å². The van der Waals surface area contributed by atoms with Crippen LogP contribution in [0.15, 0.2) is 30.6 Å². The molecule has 0 amide bonds. The summed E-state index contributed by atoms with van der Waals surface area (Å²) in [5.74, 6) is 0.301. The van der Waals surface area contributed by atoms with Crippen molar-refractivity contribution in [3.8, 4) is 0 Å². The van der Waals surface area contributed by atoms with Gasteiger partial charge in [0.1, 0.15) is 6.33 Å². The van der Waals surface area contributed by atoms with E-state index in [1.807, 2.05) is 6.92 Å². The summed E-state index contributed by atoms with van der Waals surface area (Å²) >= 11 is 6.06. The monoisotopic (exact) mass is 321 g/mol. The molecule has 0 atom stereocenters. The van der Waals surface area contributed by atoms with Crippen LogP contribution < -0.4 is 10.6 Å². The smallest absolute Gasteiger partial charge is 0.353 e. The molecule has 2 N–H and O–H groups in total. The van der Waals surface area contributed by atoms with E-state index in [1.165, 1.54) is 6.33 Å². The number of benzene rings is 1. The van der Waals surface area contributed by atoms with Crippen molar-refractivity contribution in [2.75, 3.05) is 17.2 Å². The first kappa shape index (κ1) is 16.0. The van der Waals surface area contributed by atoms with Crippen LogP contribution in [0.3, 0.4) is 0 Å². The molecule has 0 aliphatic rings. The highest BCUT2D eigenvalue weighted by atomic mass is 35.5. The Bertz CT molecular complexity index is 665. The maximum atomic E-state index is 11.4. The van der Waals surface area contributed by atoms with Crippen molar-refractivity contribution in [1.82, 2.24) is 9.97 Å². The van der Waals surface area contributed by atoms with Crippen LogP contribution in [-0.4, -0.2) is 21.4 Å². The van der Waals surface area contributed by atoms with Crippen molar-refractivity contribution in [2.45, 2.75) is 19.8 Å². The molecule has 116 valence electrons. The second-order valence-corrected chi connectivity index (χ2v) is 4.97. The van der Waals surface area contributed by atoms with Gasteiger partial charge in [-0.25, -0.2) is 9.97 Å². The fraction of sp³-hybridized carbons (Fsp3) is 0.286. The fourth-order valence-corrected chi connectivity index (χ4v) is 2.03. The number of rotatable bonds is 7. The summed E-state index contributed by atoms with van der Waals surface area (Å²) in [5, 5.41) is 17.7. The molecule has 2 rings (SSSR count). The third-order valence-electron chi connectivity index (χ3n) is 2.95. The molecule has 0 unspecified atom stereocenters. The average molecular weight is 322 g/mol. The van der Waals surface area contributed by atoms with Crippen molar-refractivity contribution in [3.63, 3.8) is 0 Å². The first-order chi connectivity index (χ1) is 10.6. The molecular weight excluding hydrogens is 306 g/mol. The highest BCUT2D eigenvalue weighted by Crippen LogP contribution is 2.33. The SMILES string of the molecule is CCCCNc1ncnc(Nc2ccccc2Cl)c1[N+](=O)[O-]. The minimum absolute atomic E-state index is 0.104. The summed E-state index contributed by atoms with van der Waals surface area (Å²) in [6.45, 7) is 2.65. The van der Waals surface area contributed by atoms with Crippen LogP contribution in [0.5, 0.6) is 0 Å². The van der Waals surface area contributed by atoms with Crippen molar-refractivity contribution in [2.24, 2.45) is 0 Å². The molecule has 1 aromatic heterocycles. The summed E-state index contributed by atoms with van der Waals surface area (Å²) in [6.07, 6.45) is 3.16. The van der Waals surface area contributed by atoms with Gasteiger partial charge in [-0.3, -0.25) is 10.1 Å². The van der Waals surface area contributed by atoms with Gasteiger partial charge in [0.2, 0.25) is 11.6 Å². The van der Waals surface area contributed by atoms with E-state index in [9.17, 15) is 10.1 Å². The van der Waals surface area contributed by atoms with Gasteiger partial charge in [0.15, 0.2) is 0 Å². The van der Waals surface area contributed by atoms with Crippen molar-refractivity contribution in [1.29, 1.82) is 0 Å². The van der Waals surface area contributed by atoms with Crippen LogP contribution in [0.2, 0.25) is 5.02 Å². The molecule has 1 heterocycles. The van der Waals surface area contributed by atoms with E-state index in [1.54, 1.807) is 24.3 Å². The van der Waals surface area contributed by atoms with E-state index in [0.717, 1.165) is 12.8 Å². The van der Waals surface area contributed by atoms with E-state index in [4.69, 9.17) is 11.6 Å². The van der Waals surface area contributed by atoms with E-state index in [-0.39, 0.29) is 17.3 Å². The van der Waals surface area contributed by atoms with Crippen LogP contribution in [0.25, 0.3) is 0 Å². The second-order valence-electron chi connectivity index (χ2n) is 4.56. The van der Waals surface area contributed by atoms with E-state index in [0.29, 0.717) is 17.3 Å². The lowest BCUT2D eigenvalue weighted by atomic mass is 10.3. The minimum Gasteiger partial charge on any atom is -0.364 e. The Morgan fingerprint density at radius 2 is 2.00 bits per heavy atom. The molecule has 0 radical (unpaired) electrons. The predicted molar refractivity (Wildman–Crippen MR) is 86.8 cm³/mol. The quantitative estimate of drug-likeness (QED) is 0.455. The zero-order valence-electron chi connectivity index (χ0n) is 12.0. The number of aromatic nitrogens is 2. The second kappa shape index (κ2) is 7.56. The predicted octanol–water partition coefficient (Wildman–Crippen LogP) is 3.99. The number of hydrogen-bond donors (Lipinski definition) is 2. The molecule has 2 aromatic rings. The van der Waals surface area contributed by atoms with Gasteiger partial charge in [0.25, 0.3) is 0 Å². The van der Waals surface area contributed by atoms with Crippen molar-refractivity contribution >= 4 is 34.6 Å². The summed E-state index contributed by atoms with van der Waals surface area (Å²) in [7, 11) is 0. The summed E-state index contributed by atoms with van der Waals surface area (Å²) in [4.78, 5) is 18.8. The maximum Gasteiger partial charge on any atom is 0.353 e. The number of halogens is 1. The van der Waals surface area contributed by atoms with Gasteiger partial charge in [0.05, 0.1) is 15.6 Å². The molecule has 7 nitrogen and oxygen atoms in total. The van der Waals surface area contributed by atoms with Gasteiger partial charge in [-0.05, 0) is 18.6 Å². The number of nitrogens with one attached hydrogen (secondary N) is 2. The minimum atomic E-state index is -0.506. The molecule has 0 bridgehead atoms. The summed E-state index contributed by atoms with van der Waals surface area (Å²) < 4.78 is 0. The van der Waals surface area contributed by atoms with E-state index >= 15 is 0 Å². The number of nitrogens with zero attached hydrogens (tertiary/aromatic N) is 3. The Balaban J connectivity index is 2.32. The van der Waals surface area contributed by atoms with Crippen LogP contribution in [-0.2, 0) is 0 Å². The van der Waals surface area contributed by atoms with Gasteiger partial charge in [0, 0.05) is 6.54 Å². The van der Waals surface area contributed by atoms with Crippen molar-refractivity contribution in [3.05, 3.63) is 45.7 Å². The highest BCUT2D eigenvalue weighted by molar-refractivity contribution is 6.33. The lowest BCUT2D eigenvalue weighted by Crippen LogP contribution is -2.09. The standard InChI is InChI=1S/C14H16ClN5O2/c1-2-3-8-16-13-12(20(21)22)14(18-9-17-13)19-11-7-5-4-6-10(11)15/h4-7,9H,2-3,8H2,1H3,(H2,16,17,18,19). The molecule has 1 aromatic carbocycles. The van der Waals surface area contributed by atoms with Crippen LogP contribution in [0, 0.1) is 10.1 Å². The Kier molecular flexibility index (Phi) is 5.48. The fourth-order valence-electron chi connectivity index (χ4n) is 1.85. The summed E-state index contributed by atoms with van der Waals surface area (Å²) in [5.41, 5.74) is 0.351. The zero-order valence-corrected chi connectivity index (χ0v) is 12.8. The number of nitro groups is 1. The molecule has 0 saturated carbocycles. The number of anilines is 3. The lowest BCUT2D eigenvalue weighted by molar-refractivity contribution is -0.383. The Morgan fingerprint density at radius 3 is 2.68 bits per heavy atom. The highest BCUT2D eigenvalue weighted by Gasteiger charge is 2.23. The first-order valence-corrected chi connectivity index (χ1v) is 7.26. The molecule has 22 heavy (non-hydrogen) atoms. The number of para-hydroxylation sites is 1. The molecule has 0 fully saturated rings. The van der Waals surface area contributed by atoms with Gasteiger partial charge >= 0.3 is 5.69 Å². The number of hydrogen-bond acceptors (Lipinski definition) is 6. The molecular formula is C14H16ClN5O2. The van der Waals surface area contributed by atoms with Gasteiger partial charge < -0.3 is 10.6 Å². The van der Waals surface area contributed by atoms with Gasteiger partial charge in [-0.2, -0.15) is 0 Å². The first-order valence-electron chi connectivity index (χ1n) is 6.88. The van der Waals surface area contributed by atoms with Crippen LogP contribution >= 0.6 is 11.6 Å². The lowest BCUT2D eigenvalue weighted by Gasteiger charge is -2.10. The molecule has 0 aliphatic heterocycles. The Morgan fingerprint density at radius 1 is 1.27 bits per heavy atom.